The molecule has 2 aliphatic rings. The predicted octanol–water partition coefficient (Wildman–Crippen LogP) is 3.57. The van der Waals surface area contributed by atoms with Gasteiger partial charge in [0.1, 0.15) is 11.4 Å². The first-order valence-corrected chi connectivity index (χ1v) is 12.0. The number of urea groups is 1. The lowest BCUT2D eigenvalue weighted by Crippen LogP contribution is -2.22. The van der Waals surface area contributed by atoms with Crippen molar-refractivity contribution in [1.29, 1.82) is 0 Å². The summed E-state index contributed by atoms with van der Waals surface area (Å²) < 4.78 is 41.2. The Hall–Kier alpha value is -5.01. The van der Waals surface area contributed by atoms with Crippen molar-refractivity contribution in [1.82, 2.24) is 35.2 Å². The fourth-order valence-corrected chi connectivity index (χ4v) is 4.10. The molecule has 1 aromatic carbocycles. The number of halogens is 3. The lowest BCUT2D eigenvalue weighted by atomic mass is 10.00. The van der Waals surface area contributed by atoms with E-state index in [-0.39, 0.29) is 24.2 Å². The second-order valence-electron chi connectivity index (χ2n) is 9.03. The molecule has 14 heteroatoms. The summed E-state index contributed by atoms with van der Waals surface area (Å²) in [5.74, 6) is 0.113. The maximum atomic E-state index is 13.2. The van der Waals surface area contributed by atoms with Gasteiger partial charge in [0, 0.05) is 24.3 Å². The predicted molar refractivity (Wildman–Crippen MR) is 134 cm³/mol. The Kier molecular flexibility index (Phi) is 5.85. The summed E-state index contributed by atoms with van der Waals surface area (Å²) in [5, 5.41) is 15.4. The van der Waals surface area contributed by atoms with Gasteiger partial charge in [-0.25, -0.2) is 4.79 Å². The lowest BCUT2D eigenvalue weighted by molar-refractivity contribution is -0.141. The molecule has 198 valence electrons. The van der Waals surface area contributed by atoms with E-state index >= 15 is 0 Å². The molecule has 1 saturated heterocycles. The number of fused-ring (bicyclic) bond motifs is 1. The Bertz CT molecular complexity index is 1640. The number of benzene rings is 1. The van der Waals surface area contributed by atoms with E-state index < -0.39 is 23.8 Å². The van der Waals surface area contributed by atoms with Crippen LogP contribution >= 0.6 is 0 Å². The van der Waals surface area contributed by atoms with E-state index in [9.17, 15) is 22.8 Å². The molecule has 0 atom stereocenters. The van der Waals surface area contributed by atoms with Crippen molar-refractivity contribution in [3.63, 3.8) is 0 Å². The number of carbonyl (C=O) groups excluding carboxylic acids is 2. The second-order valence-corrected chi connectivity index (χ2v) is 9.03. The van der Waals surface area contributed by atoms with Crippen LogP contribution in [0, 0.1) is 0 Å². The second kappa shape index (κ2) is 9.38. The van der Waals surface area contributed by atoms with Gasteiger partial charge >= 0.3 is 12.2 Å². The number of aromatic nitrogens is 5. The molecule has 11 nitrogen and oxygen atoms in total. The molecule has 1 aliphatic heterocycles. The van der Waals surface area contributed by atoms with E-state index in [1.54, 1.807) is 24.3 Å². The van der Waals surface area contributed by atoms with Gasteiger partial charge in [0.25, 0.3) is 5.91 Å². The number of anilines is 2. The molecule has 1 saturated carbocycles. The smallest absolute Gasteiger partial charge is 0.351 e. The van der Waals surface area contributed by atoms with Gasteiger partial charge in [0.05, 0.1) is 6.20 Å². The highest BCUT2D eigenvalue weighted by atomic mass is 19.4. The van der Waals surface area contributed by atoms with Crippen LogP contribution in [0.25, 0.3) is 22.9 Å². The molecule has 0 radical (unpaired) electrons. The largest absolute Gasteiger partial charge is 0.433 e. The van der Waals surface area contributed by atoms with Crippen molar-refractivity contribution in [2.45, 2.75) is 31.6 Å². The number of hydrogen-bond donors (Lipinski definition) is 4. The molecule has 3 amide bonds. The Morgan fingerprint density at radius 1 is 1.10 bits per heavy atom. The molecule has 4 heterocycles. The third kappa shape index (κ3) is 5.08. The SMILES string of the molecule is O=C1NC(=O)/C(=C/c2cnn3c(NC4CC4)nc(NCc4ccccc4-c4ccnc(C(F)(F)F)c4)nc23)N1. The molecule has 4 N–H and O–H groups in total. The minimum Gasteiger partial charge on any atom is -0.351 e. The quantitative estimate of drug-likeness (QED) is 0.208. The summed E-state index contributed by atoms with van der Waals surface area (Å²) >= 11 is 0. The minimum atomic E-state index is -4.56. The van der Waals surface area contributed by atoms with E-state index in [1.165, 1.54) is 22.9 Å². The molecule has 39 heavy (non-hydrogen) atoms. The lowest BCUT2D eigenvalue weighted by Gasteiger charge is -2.14. The molecule has 0 spiro atoms. The van der Waals surface area contributed by atoms with E-state index in [4.69, 9.17) is 0 Å². The molecule has 4 aromatic rings. The highest BCUT2D eigenvalue weighted by Gasteiger charge is 2.32. The molecule has 3 aromatic heterocycles. The van der Waals surface area contributed by atoms with Crippen molar-refractivity contribution in [2.24, 2.45) is 0 Å². The Morgan fingerprint density at radius 3 is 2.67 bits per heavy atom. The average Bonchev–Trinajstić information content (AvgIpc) is 3.55. The average molecular weight is 535 g/mol. The first-order valence-electron chi connectivity index (χ1n) is 12.0. The van der Waals surface area contributed by atoms with Crippen LogP contribution in [0.15, 0.2) is 54.5 Å². The van der Waals surface area contributed by atoms with Crippen LogP contribution < -0.4 is 21.3 Å². The topological polar surface area (TPSA) is 138 Å². The molecule has 1 aliphatic carbocycles. The van der Waals surface area contributed by atoms with Gasteiger partial charge < -0.3 is 16.0 Å². The number of alkyl halides is 3. The van der Waals surface area contributed by atoms with Crippen LogP contribution in [0.5, 0.6) is 0 Å². The fraction of sp³-hybridized carbons (Fsp3) is 0.200. The minimum absolute atomic E-state index is 0.0595. The van der Waals surface area contributed by atoms with Crippen LogP contribution in [0.3, 0.4) is 0 Å². The van der Waals surface area contributed by atoms with E-state index in [2.05, 4.69) is 41.3 Å². The van der Waals surface area contributed by atoms with Crippen LogP contribution in [0.1, 0.15) is 29.7 Å². The zero-order valence-corrected chi connectivity index (χ0v) is 20.1. The maximum Gasteiger partial charge on any atom is 0.433 e. The number of pyridine rings is 1. The number of rotatable bonds is 7. The first-order chi connectivity index (χ1) is 18.7. The highest BCUT2D eigenvalue weighted by Crippen LogP contribution is 2.32. The summed E-state index contributed by atoms with van der Waals surface area (Å²) in [6.07, 6.45) is 1.52. The van der Waals surface area contributed by atoms with E-state index in [1.807, 2.05) is 0 Å². The number of nitrogens with zero attached hydrogens (tertiary/aromatic N) is 5. The number of nitrogens with one attached hydrogen (secondary N) is 4. The summed E-state index contributed by atoms with van der Waals surface area (Å²) in [6.45, 7) is 0.210. The van der Waals surface area contributed by atoms with Gasteiger partial charge in [0.15, 0.2) is 5.65 Å². The third-order valence-electron chi connectivity index (χ3n) is 6.14. The zero-order chi connectivity index (χ0) is 27.1. The highest BCUT2D eigenvalue weighted by molar-refractivity contribution is 6.14. The van der Waals surface area contributed by atoms with Gasteiger partial charge in [-0.2, -0.15) is 32.8 Å². The van der Waals surface area contributed by atoms with Gasteiger partial charge in [-0.3, -0.25) is 15.1 Å². The number of imide groups is 1. The number of carbonyl (C=O) groups is 2. The molecule has 0 bridgehead atoms. The van der Waals surface area contributed by atoms with Gasteiger partial charge in [-0.15, -0.1) is 0 Å². The summed E-state index contributed by atoms with van der Waals surface area (Å²) in [7, 11) is 0. The van der Waals surface area contributed by atoms with Gasteiger partial charge in [0.2, 0.25) is 11.9 Å². The van der Waals surface area contributed by atoms with Crippen molar-refractivity contribution in [3.8, 4) is 11.1 Å². The number of hydrogen-bond acceptors (Lipinski definition) is 8. The zero-order valence-electron chi connectivity index (χ0n) is 20.1. The standard InChI is InChI=1S/C25H20F3N9O2/c26-25(27,28)19-10-13(7-8-29-19)17-4-2-1-3-14(17)11-30-22-34-20-15(9-18-21(38)35-24(39)33-18)12-31-37(20)23(36-22)32-16-5-6-16/h1-4,7-10,12,16H,5-6,11H2,(H2,30,32,34,36)(H2,33,35,38,39)/b18-9-. The molecule has 6 rings (SSSR count). The molecular formula is C25H20F3N9O2. The maximum absolute atomic E-state index is 13.2. The van der Waals surface area contributed by atoms with Crippen molar-refractivity contribution < 1.29 is 22.8 Å². The molecule has 2 fully saturated rings. The van der Waals surface area contributed by atoms with E-state index in [0.29, 0.717) is 28.3 Å². The van der Waals surface area contributed by atoms with Gasteiger partial charge in [-0.05, 0) is 47.7 Å². The van der Waals surface area contributed by atoms with Crippen molar-refractivity contribution >= 4 is 35.6 Å². The molecule has 0 unspecified atom stereocenters. The van der Waals surface area contributed by atoms with Gasteiger partial charge in [-0.1, -0.05) is 24.3 Å². The molecular weight excluding hydrogens is 515 g/mol. The Balaban J connectivity index is 1.33. The van der Waals surface area contributed by atoms with Crippen molar-refractivity contribution in [2.75, 3.05) is 10.6 Å². The van der Waals surface area contributed by atoms with Crippen LogP contribution in [0.4, 0.5) is 29.9 Å². The van der Waals surface area contributed by atoms with Crippen molar-refractivity contribution in [3.05, 3.63) is 71.3 Å². The Morgan fingerprint density at radius 2 is 1.92 bits per heavy atom. The number of amides is 3. The third-order valence-corrected chi connectivity index (χ3v) is 6.14. The monoisotopic (exact) mass is 535 g/mol. The van der Waals surface area contributed by atoms with Crippen LogP contribution in [0.2, 0.25) is 0 Å². The van der Waals surface area contributed by atoms with Crippen LogP contribution in [-0.2, 0) is 17.5 Å². The summed E-state index contributed by atoms with van der Waals surface area (Å²) in [5.41, 5.74) is 1.65. The normalized spacial score (nSPS) is 16.4. The fourth-order valence-electron chi connectivity index (χ4n) is 4.10. The van der Waals surface area contributed by atoms with Crippen LogP contribution in [-0.4, -0.2) is 42.5 Å². The summed E-state index contributed by atoms with van der Waals surface area (Å²) in [4.78, 5) is 36.1. The summed E-state index contributed by atoms with van der Waals surface area (Å²) in [6, 6.07) is 9.24. The Labute approximate surface area is 218 Å². The first kappa shape index (κ1) is 24.3. The van der Waals surface area contributed by atoms with E-state index in [0.717, 1.165) is 30.7 Å².